The molecule has 3 N–H and O–H groups in total. The lowest BCUT2D eigenvalue weighted by atomic mass is 9.98. The lowest BCUT2D eigenvalue weighted by molar-refractivity contribution is 0.0237. The minimum absolute atomic E-state index is 0.161. The minimum Gasteiger partial charge on any atom is -0.447 e. The first-order valence-electron chi connectivity index (χ1n) is 11.5. The Labute approximate surface area is 214 Å². The maximum atomic E-state index is 13.5. The number of aromatic nitrogens is 1. The Morgan fingerprint density at radius 3 is 2.64 bits per heavy atom. The van der Waals surface area contributed by atoms with Gasteiger partial charge in [0.15, 0.2) is 0 Å². The van der Waals surface area contributed by atoms with Gasteiger partial charge in [0.1, 0.15) is 18.2 Å². The van der Waals surface area contributed by atoms with Crippen molar-refractivity contribution in [2.75, 3.05) is 18.5 Å². The number of rotatable bonds is 9. The predicted octanol–water partition coefficient (Wildman–Crippen LogP) is 5.34. The molecule has 0 spiro atoms. The fourth-order valence-electron chi connectivity index (χ4n) is 3.81. The van der Waals surface area contributed by atoms with Crippen molar-refractivity contribution in [1.82, 2.24) is 15.2 Å². The Morgan fingerprint density at radius 2 is 1.94 bits per heavy atom. The van der Waals surface area contributed by atoms with E-state index in [9.17, 15) is 19.1 Å². The highest BCUT2D eigenvalue weighted by Gasteiger charge is 2.29. The fourth-order valence-corrected chi connectivity index (χ4v) is 4.01. The number of hydrogen-bond acceptors (Lipinski definition) is 5. The number of fused-ring (bicyclic) bond motifs is 1. The summed E-state index contributed by atoms with van der Waals surface area (Å²) in [5.74, 6) is -0.203. The van der Waals surface area contributed by atoms with Gasteiger partial charge in [-0.2, -0.15) is 0 Å². The van der Waals surface area contributed by atoms with Crippen molar-refractivity contribution in [2.24, 2.45) is 0 Å². The average molecular weight is 517 g/mol. The van der Waals surface area contributed by atoms with Crippen molar-refractivity contribution < 1.29 is 23.8 Å². The van der Waals surface area contributed by atoms with E-state index in [2.05, 4.69) is 15.6 Å². The smallest absolute Gasteiger partial charge is 0.412 e. The Hall–Kier alpha value is -3.43. The van der Waals surface area contributed by atoms with Gasteiger partial charge in [-0.1, -0.05) is 29.8 Å². The maximum absolute atomic E-state index is 13.5. The molecule has 192 valence electrons. The molecule has 0 bridgehead atoms. The van der Waals surface area contributed by atoms with Crippen LogP contribution in [0.3, 0.4) is 0 Å². The van der Waals surface area contributed by atoms with Gasteiger partial charge in [0.2, 0.25) is 0 Å². The summed E-state index contributed by atoms with van der Waals surface area (Å²) >= 11 is 6.18. The van der Waals surface area contributed by atoms with Crippen LogP contribution < -0.4 is 10.6 Å². The number of benzene rings is 2. The van der Waals surface area contributed by atoms with E-state index in [1.54, 1.807) is 39.0 Å². The van der Waals surface area contributed by atoms with Crippen molar-refractivity contribution in [3.8, 4) is 0 Å². The van der Waals surface area contributed by atoms with Crippen LogP contribution in [0.2, 0.25) is 5.02 Å². The van der Waals surface area contributed by atoms with Gasteiger partial charge in [-0.3, -0.25) is 5.32 Å². The second-order valence-corrected chi connectivity index (χ2v) is 9.40. The molecule has 0 unspecified atom stereocenters. The van der Waals surface area contributed by atoms with E-state index in [0.717, 1.165) is 10.9 Å². The van der Waals surface area contributed by atoms with Crippen LogP contribution in [0, 0.1) is 5.82 Å². The van der Waals surface area contributed by atoms with Gasteiger partial charge in [-0.25, -0.2) is 19.0 Å². The van der Waals surface area contributed by atoms with Crippen molar-refractivity contribution in [3.63, 3.8) is 0 Å². The number of likely N-dealkylation sites (N-methyl/N-ethyl adjacent to an activating group) is 1. The van der Waals surface area contributed by atoms with Crippen LogP contribution in [0.5, 0.6) is 0 Å². The van der Waals surface area contributed by atoms with Crippen LogP contribution in [0.4, 0.5) is 19.8 Å². The molecule has 1 heterocycles. The molecule has 1 aromatic heterocycles. The third-order valence-corrected chi connectivity index (χ3v) is 5.85. The van der Waals surface area contributed by atoms with Gasteiger partial charge in [0.25, 0.3) is 0 Å². The van der Waals surface area contributed by atoms with E-state index in [1.165, 1.54) is 29.3 Å². The first-order valence-corrected chi connectivity index (χ1v) is 11.9. The number of nitrogens with one attached hydrogen (secondary N) is 2. The summed E-state index contributed by atoms with van der Waals surface area (Å²) in [6, 6.07) is 12.0. The Bertz CT molecular complexity index is 1220. The predicted molar refractivity (Wildman–Crippen MR) is 137 cm³/mol. The summed E-state index contributed by atoms with van der Waals surface area (Å²) in [5.41, 5.74) is -0.355. The molecule has 3 rings (SSSR count). The van der Waals surface area contributed by atoms with Crippen LogP contribution in [-0.4, -0.2) is 51.9 Å². The summed E-state index contributed by atoms with van der Waals surface area (Å²) in [4.78, 5) is 31.1. The fraction of sp³-hybridized carbons (Fsp3) is 0.346. The van der Waals surface area contributed by atoms with Crippen LogP contribution in [0.15, 0.2) is 54.7 Å². The molecule has 0 radical (unpaired) electrons. The summed E-state index contributed by atoms with van der Waals surface area (Å²) in [6.07, 6.45) is 0.900. The molecule has 1 atom stereocenters. The Morgan fingerprint density at radius 1 is 1.19 bits per heavy atom. The zero-order valence-electron chi connectivity index (χ0n) is 20.4. The second kappa shape index (κ2) is 12.0. The molecule has 3 aromatic rings. The molecular formula is C26H30ClFN4O4. The number of amides is 3. The Balaban J connectivity index is 1.65. The van der Waals surface area contributed by atoms with Crippen molar-refractivity contribution >= 4 is 40.3 Å². The normalized spacial score (nSPS) is 12.2. The first-order chi connectivity index (χ1) is 17.1. The molecule has 0 aliphatic carbocycles. The summed E-state index contributed by atoms with van der Waals surface area (Å²) in [7, 11) is 0. The van der Waals surface area contributed by atoms with Gasteiger partial charge in [0, 0.05) is 29.7 Å². The largest absolute Gasteiger partial charge is 0.447 e. The molecule has 0 aliphatic heterocycles. The molecule has 8 nitrogen and oxygen atoms in total. The molecule has 10 heteroatoms. The van der Waals surface area contributed by atoms with Crippen molar-refractivity contribution in [3.05, 3.63) is 71.1 Å². The number of hydrogen-bond donors (Lipinski definition) is 3. The van der Waals surface area contributed by atoms with Gasteiger partial charge in [-0.15, -0.1) is 0 Å². The molecule has 0 aliphatic rings. The third-order valence-electron chi connectivity index (χ3n) is 5.49. The highest BCUT2D eigenvalue weighted by molar-refractivity contribution is 6.31. The number of aliphatic hydroxyl groups is 1. The number of anilines is 1. The summed E-state index contributed by atoms with van der Waals surface area (Å²) in [5, 5.41) is 17.6. The van der Waals surface area contributed by atoms with E-state index in [0.29, 0.717) is 17.0 Å². The van der Waals surface area contributed by atoms with Gasteiger partial charge < -0.3 is 20.1 Å². The summed E-state index contributed by atoms with van der Waals surface area (Å²) in [6.45, 7) is 5.41. The standard InChI is InChI=1S/C26H30ClFN4O4/c1-4-32(24(33)30-15-18-7-5-6-8-22(18)27)21(13-26(2,3)35)16-36-25(34)31-23-12-19-11-20(28)10-9-17(19)14-29-23/h5-12,14,21,35H,4,13,15-16H2,1-3H3,(H,30,33)(H,29,31,34)/t21-/m0/s1. The lowest BCUT2D eigenvalue weighted by Crippen LogP contribution is -2.50. The average Bonchev–Trinajstić information content (AvgIpc) is 2.81. The monoisotopic (exact) mass is 516 g/mol. The van der Waals surface area contributed by atoms with E-state index in [-0.39, 0.29) is 31.4 Å². The van der Waals surface area contributed by atoms with Gasteiger partial charge >= 0.3 is 12.1 Å². The topological polar surface area (TPSA) is 104 Å². The van der Waals surface area contributed by atoms with Crippen LogP contribution >= 0.6 is 11.6 Å². The highest BCUT2D eigenvalue weighted by atomic mass is 35.5. The number of ether oxygens (including phenoxy) is 1. The Kier molecular flexibility index (Phi) is 9.06. The van der Waals surface area contributed by atoms with Crippen molar-refractivity contribution in [1.29, 1.82) is 0 Å². The quantitative estimate of drug-likeness (QED) is 0.356. The highest BCUT2D eigenvalue weighted by Crippen LogP contribution is 2.20. The summed E-state index contributed by atoms with van der Waals surface area (Å²) < 4.78 is 18.9. The van der Waals surface area contributed by atoms with Gasteiger partial charge in [-0.05, 0) is 68.5 Å². The minimum atomic E-state index is -1.12. The van der Waals surface area contributed by atoms with Crippen LogP contribution in [0.25, 0.3) is 10.8 Å². The third kappa shape index (κ3) is 7.79. The first kappa shape index (κ1) is 27.2. The number of carbonyl (C=O) groups is 2. The number of urea groups is 1. The van der Waals surface area contributed by atoms with Gasteiger partial charge in [0.05, 0.1) is 11.6 Å². The van der Waals surface area contributed by atoms with Crippen molar-refractivity contribution in [2.45, 2.75) is 45.4 Å². The molecule has 0 fully saturated rings. The maximum Gasteiger partial charge on any atom is 0.412 e. The van der Waals surface area contributed by atoms with E-state index < -0.39 is 23.6 Å². The SMILES string of the molecule is CCN(C(=O)NCc1ccccc1Cl)[C@H](COC(=O)Nc1cc2cc(F)ccc2cn1)CC(C)(C)O. The lowest BCUT2D eigenvalue weighted by Gasteiger charge is -2.34. The number of nitrogens with zero attached hydrogens (tertiary/aromatic N) is 2. The van der Waals surface area contributed by atoms with E-state index in [4.69, 9.17) is 16.3 Å². The molecule has 2 aromatic carbocycles. The molecular weight excluding hydrogens is 487 g/mol. The zero-order chi connectivity index (χ0) is 26.3. The van der Waals surface area contributed by atoms with Crippen LogP contribution in [-0.2, 0) is 11.3 Å². The zero-order valence-corrected chi connectivity index (χ0v) is 21.2. The van der Waals surface area contributed by atoms with E-state index >= 15 is 0 Å². The molecule has 0 saturated carbocycles. The second-order valence-electron chi connectivity index (χ2n) is 8.99. The number of pyridine rings is 1. The van der Waals surface area contributed by atoms with Crippen LogP contribution in [0.1, 0.15) is 32.8 Å². The molecule has 3 amide bonds. The molecule has 36 heavy (non-hydrogen) atoms. The number of halogens is 2. The van der Waals surface area contributed by atoms with E-state index in [1.807, 2.05) is 12.1 Å². The number of carbonyl (C=O) groups excluding carboxylic acids is 2. The molecule has 0 saturated heterocycles.